The van der Waals surface area contributed by atoms with E-state index < -0.39 is 0 Å². The second-order valence-electron chi connectivity index (χ2n) is 2.82. The molecule has 0 unspecified atom stereocenters. The van der Waals surface area contributed by atoms with Gasteiger partial charge in [0.1, 0.15) is 6.26 Å². The van der Waals surface area contributed by atoms with Gasteiger partial charge in [-0.25, -0.2) is 4.98 Å². The second-order valence-corrected chi connectivity index (χ2v) is 2.82. The van der Waals surface area contributed by atoms with Crippen LogP contribution < -0.4 is 0 Å². The molecule has 0 atom stereocenters. The lowest BCUT2D eigenvalue weighted by Gasteiger charge is -2.08. The zero-order chi connectivity index (χ0) is 8.65. The summed E-state index contributed by atoms with van der Waals surface area (Å²) in [4.78, 5) is 6.04. The molecule has 0 bridgehead atoms. The first kappa shape index (κ1) is 9.26. The van der Waals surface area contributed by atoms with E-state index in [1.807, 2.05) is 0 Å². The summed E-state index contributed by atoms with van der Waals surface area (Å²) in [5.41, 5.74) is 0. The molecule has 1 aromatic heterocycles. The van der Waals surface area contributed by atoms with Gasteiger partial charge in [-0.15, -0.1) is 0 Å². The maximum atomic E-state index is 4.47. The Morgan fingerprint density at radius 1 is 1.42 bits per heavy atom. The Kier molecular flexibility index (Phi) is 4.46. The third kappa shape index (κ3) is 3.53. The first-order valence-corrected chi connectivity index (χ1v) is 4.48. The van der Waals surface area contributed by atoms with Crippen molar-refractivity contribution in [2.24, 2.45) is 0 Å². The fourth-order valence-corrected chi connectivity index (χ4v) is 1.27. The predicted octanol–water partition coefficient (Wildman–Crippen LogP) is 1.78. The minimum atomic E-state index is 1.25. The Bertz CT molecular complexity index is 151. The molecule has 68 valence electrons. The largest absolute Gasteiger partial charge is 0.452 e. The quantitative estimate of drug-likeness (QED) is 0.640. The third-order valence-corrected chi connectivity index (χ3v) is 1.99. The molecule has 0 radical (unpaired) electrons. The topological polar surface area (TPSA) is 29.3 Å². The van der Waals surface area contributed by atoms with Gasteiger partial charge in [0.05, 0.1) is 6.20 Å². The van der Waals surface area contributed by atoms with Crippen LogP contribution in [0.5, 0.6) is 0 Å². The molecule has 2 rings (SSSR count). The van der Waals surface area contributed by atoms with E-state index in [1.165, 1.54) is 45.1 Å². The predicted molar refractivity (Wildman–Crippen MR) is 47.9 cm³/mol. The standard InChI is InChI=1S/C6H13N.C3H3NO/c1-2-7-5-3-4-6-7;1-2-5-3-4-1/h2-6H2,1H3;1-3H. The highest BCUT2D eigenvalue weighted by molar-refractivity contribution is 4.62. The van der Waals surface area contributed by atoms with Gasteiger partial charge in [-0.05, 0) is 32.5 Å². The third-order valence-electron chi connectivity index (χ3n) is 1.99. The monoisotopic (exact) mass is 168 g/mol. The maximum Gasteiger partial charge on any atom is 0.180 e. The van der Waals surface area contributed by atoms with Gasteiger partial charge >= 0.3 is 0 Å². The molecule has 3 heteroatoms. The molecule has 1 saturated heterocycles. The summed E-state index contributed by atoms with van der Waals surface area (Å²) in [5, 5.41) is 0. The molecule has 0 aliphatic carbocycles. The number of likely N-dealkylation sites (tertiary alicyclic amines) is 1. The van der Waals surface area contributed by atoms with Gasteiger partial charge in [0.2, 0.25) is 0 Å². The molecule has 0 amide bonds. The molecule has 12 heavy (non-hydrogen) atoms. The molecule has 3 nitrogen and oxygen atoms in total. The Hall–Kier alpha value is -0.830. The van der Waals surface area contributed by atoms with Gasteiger partial charge in [-0.3, -0.25) is 0 Å². The highest BCUT2D eigenvalue weighted by Crippen LogP contribution is 2.04. The van der Waals surface area contributed by atoms with Gasteiger partial charge in [-0.2, -0.15) is 0 Å². The van der Waals surface area contributed by atoms with E-state index in [0.717, 1.165) is 0 Å². The van der Waals surface area contributed by atoms with E-state index in [4.69, 9.17) is 0 Å². The second kappa shape index (κ2) is 5.77. The Labute approximate surface area is 73.4 Å². The molecule has 0 N–H and O–H groups in total. The highest BCUT2D eigenvalue weighted by atomic mass is 16.3. The Balaban J connectivity index is 0.000000127. The summed E-state index contributed by atoms with van der Waals surface area (Å²) < 4.78 is 4.47. The van der Waals surface area contributed by atoms with Crippen molar-refractivity contribution in [2.45, 2.75) is 19.8 Å². The van der Waals surface area contributed by atoms with Crippen molar-refractivity contribution in [2.75, 3.05) is 19.6 Å². The summed E-state index contributed by atoms with van der Waals surface area (Å²) in [7, 11) is 0. The van der Waals surface area contributed by atoms with Gasteiger partial charge in [0.25, 0.3) is 0 Å². The van der Waals surface area contributed by atoms with Gasteiger partial charge in [0, 0.05) is 0 Å². The molecule has 1 fully saturated rings. The first-order valence-electron chi connectivity index (χ1n) is 4.48. The summed E-state index contributed by atoms with van der Waals surface area (Å²) >= 11 is 0. The van der Waals surface area contributed by atoms with E-state index in [1.54, 1.807) is 6.20 Å². The highest BCUT2D eigenvalue weighted by Gasteiger charge is 2.06. The summed E-state index contributed by atoms with van der Waals surface area (Å²) in [6.07, 6.45) is 7.32. The Morgan fingerprint density at radius 3 is 2.42 bits per heavy atom. The number of oxazole rings is 1. The van der Waals surface area contributed by atoms with E-state index in [0.29, 0.717) is 0 Å². The van der Waals surface area contributed by atoms with E-state index in [2.05, 4.69) is 21.2 Å². The van der Waals surface area contributed by atoms with Crippen LogP contribution in [0.25, 0.3) is 0 Å². The summed E-state index contributed by atoms with van der Waals surface area (Å²) in [6, 6.07) is 0. The van der Waals surface area contributed by atoms with Gasteiger partial charge in [0.15, 0.2) is 6.39 Å². The molecule has 0 spiro atoms. The lowest BCUT2D eigenvalue weighted by molar-refractivity contribution is 0.359. The van der Waals surface area contributed by atoms with Crippen molar-refractivity contribution in [1.29, 1.82) is 0 Å². The lowest BCUT2D eigenvalue weighted by atomic mass is 10.4. The fourth-order valence-electron chi connectivity index (χ4n) is 1.27. The van der Waals surface area contributed by atoms with Crippen molar-refractivity contribution >= 4 is 0 Å². The zero-order valence-electron chi connectivity index (χ0n) is 7.57. The minimum absolute atomic E-state index is 1.25. The summed E-state index contributed by atoms with van der Waals surface area (Å²) in [5.74, 6) is 0. The number of hydrogen-bond donors (Lipinski definition) is 0. The average molecular weight is 168 g/mol. The van der Waals surface area contributed by atoms with E-state index in [9.17, 15) is 0 Å². The molecule has 0 saturated carbocycles. The Morgan fingerprint density at radius 2 is 2.17 bits per heavy atom. The van der Waals surface area contributed by atoms with Crippen LogP contribution in [0.2, 0.25) is 0 Å². The smallest absolute Gasteiger partial charge is 0.180 e. The number of aromatic nitrogens is 1. The molecule has 1 aliphatic rings. The van der Waals surface area contributed by atoms with Crippen LogP contribution in [-0.4, -0.2) is 29.5 Å². The molecule has 1 aliphatic heterocycles. The van der Waals surface area contributed by atoms with Crippen molar-refractivity contribution in [3.8, 4) is 0 Å². The van der Waals surface area contributed by atoms with Gasteiger partial charge < -0.3 is 9.32 Å². The van der Waals surface area contributed by atoms with Crippen LogP contribution in [-0.2, 0) is 0 Å². The van der Waals surface area contributed by atoms with Crippen LogP contribution in [0.3, 0.4) is 0 Å². The molecular weight excluding hydrogens is 152 g/mol. The van der Waals surface area contributed by atoms with E-state index >= 15 is 0 Å². The molecule has 1 aromatic rings. The minimum Gasteiger partial charge on any atom is -0.452 e. The first-order chi connectivity index (χ1) is 5.93. The van der Waals surface area contributed by atoms with Gasteiger partial charge in [-0.1, -0.05) is 6.92 Å². The van der Waals surface area contributed by atoms with Crippen LogP contribution in [0, 0.1) is 0 Å². The number of rotatable bonds is 1. The number of hydrogen-bond acceptors (Lipinski definition) is 3. The molecule has 2 heterocycles. The molecular formula is C9H16N2O. The van der Waals surface area contributed by atoms with Crippen LogP contribution in [0.4, 0.5) is 0 Å². The molecule has 0 aromatic carbocycles. The maximum absolute atomic E-state index is 4.47. The van der Waals surface area contributed by atoms with Crippen LogP contribution >= 0.6 is 0 Å². The van der Waals surface area contributed by atoms with Crippen molar-refractivity contribution in [3.63, 3.8) is 0 Å². The van der Waals surface area contributed by atoms with Crippen LogP contribution in [0.1, 0.15) is 19.8 Å². The van der Waals surface area contributed by atoms with Crippen molar-refractivity contribution in [1.82, 2.24) is 9.88 Å². The summed E-state index contributed by atoms with van der Waals surface area (Å²) in [6.45, 7) is 6.16. The fraction of sp³-hybridized carbons (Fsp3) is 0.667. The van der Waals surface area contributed by atoms with Crippen molar-refractivity contribution in [3.05, 3.63) is 18.9 Å². The average Bonchev–Trinajstić information content (AvgIpc) is 2.81. The van der Waals surface area contributed by atoms with E-state index in [-0.39, 0.29) is 0 Å². The SMILES string of the molecule is CCN1CCCC1.c1cocn1. The number of nitrogens with zero attached hydrogens (tertiary/aromatic N) is 2. The van der Waals surface area contributed by atoms with Crippen molar-refractivity contribution < 1.29 is 4.42 Å². The lowest BCUT2D eigenvalue weighted by Crippen LogP contribution is -2.17. The zero-order valence-corrected chi connectivity index (χ0v) is 7.57. The van der Waals surface area contributed by atoms with Crippen LogP contribution in [0.15, 0.2) is 23.3 Å². The normalized spacial score (nSPS) is 17.1.